The Bertz CT molecular complexity index is 954. The van der Waals surface area contributed by atoms with Crippen LogP contribution in [0.1, 0.15) is 11.3 Å². The number of rotatable bonds is 6. The molecule has 1 heterocycles. The maximum Gasteiger partial charge on any atom is 0.248 e. The van der Waals surface area contributed by atoms with Gasteiger partial charge in [-0.15, -0.1) is 0 Å². The van der Waals surface area contributed by atoms with Gasteiger partial charge in [0.1, 0.15) is 23.9 Å². The van der Waals surface area contributed by atoms with Crippen LogP contribution >= 0.6 is 23.2 Å². The number of halogens is 2. The van der Waals surface area contributed by atoms with E-state index in [1.54, 1.807) is 48.5 Å². The average molecular weight is 392 g/mol. The molecule has 2 aromatic carbocycles. The number of hydrogen-bond acceptors (Lipinski definition) is 4. The van der Waals surface area contributed by atoms with Crippen molar-refractivity contribution in [1.82, 2.24) is 4.98 Å². The van der Waals surface area contributed by atoms with Crippen LogP contribution in [0.4, 0.5) is 0 Å². The molecule has 0 aliphatic carbocycles. The minimum absolute atomic E-state index is 0.173. The van der Waals surface area contributed by atoms with Gasteiger partial charge in [0.2, 0.25) is 5.56 Å². The van der Waals surface area contributed by atoms with Gasteiger partial charge in [-0.2, -0.15) is 0 Å². The highest BCUT2D eigenvalue weighted by atomic mass is 35.5. The lowest BCUT2D eigenvalue weighted by molar-refractivity contribution is 0.279. The number of aromatic amines is 1. The summed E-state index contributed by atoms with van der Waals surface area (Å²) in [5, 5.41) is 10.1. The van der Waals surface area contributed by atoms with Crippen molar-refractivity contribution in [3.8, 4) is 17.2 Å². The molecule has 0 amide bonds. The van der Waals surface area contributed by atoms with Gasteiger partial charge >= 0.3 is 0 Å². The summed E-state index contributed by atoms with van der Waals surface area (Å²) in [4.78, 5) is 14.2. The van der Waals surface area contributed by atoms with E-state index in [9.17, 15) is 4.79 Å². The Balaban J connectivity index is 1.64. The fourth-order valence-electron chi connectivity index (χ4n) is 2.28. The smallest absolute Gasteiger partial charge is 0.248 e. The van der Waals surface area contributed by atoms with E-state index < -0.39 is 0 Å². The van der Waals surface area contributed by atoms with Crippen LogP contribution in [0.15, 0.2) is 59.4 Å². The van der Waals surface area contributed by atoms with Crippen LogP contribution in [0.5, 0.6) is 17.2 Å². The first kappa shape index (κ1) is 18.3. The Morgan fingerprint density at radius 2 is 1.69 bits per heavy atom. The van der Waals surface area contributed by atoms with Gasteiger partial charge in [0, 0.05) is 11.1 Å². The molecule has 0 saturated carbocycles. The molecule has 0 atom stereocenters. The van der Waals surface area contributed by atoms with Crippen molar-refractivity contribution in [2.75, 3.05) is 0 Å². The van der Waals surface area contributed by atoms with E-state index in [1.807, 2.05) is 0 Å². The Labute approximate surface area is 159 Å². The number of benzene rings is 2. The number of hydrogen-bond donors (Lipinski definition) is 2. The fraction of sp³-hybridized carbons (Fsp3) is 0.105. The van der Waals surface area contributed by atoms with Crippen LogP contribution in [-0.4, -0.2) is 10.1 Å². The van der Waals surface area contributed by atoms with Gasteiger partial charge in [0.05, 0.1) is 17.3 Å². The number of aliphatic hydroxyl groups excluding tert-OH is 1. The number of aliphatic hydroxyl groups is 1. The van der Waals surface area contributed by atoms with Gasteiger partial charge in [-0.3, -0.25) is 4.79 Å². The molecular weight excluding hydrogens is 377 g/mol. The summed E-state index contributed by atoms with van der Waals surface area (Å²) in [6.07, 6.45) is 0. The highest BCUT2D eigenvalue weighted by Gasteiger charge is 2.05. The summed E-state index contributed by atoms with van der Waals surface area (Å²) in [5.41, 5.74) is 0.838. The summed E-state index contributed by atoms with van der Waals surface area (Å²) in [6.45, 7) is -0.0253. The molecule has 0 bridgehead atoms. The van der Waals surface area contributed by atoms with Crippen molar-refractivity contribution < 1.29 is 14.6 Å². The lowest BCUT2D eigenvalue weighted by Crippen LogP contribution is -2.11. The molecule has 0 radical (unpaired) electrons. The highest BCUT2D eigenvalue weighted by Crippen LogP contribution is 2.32. The van der Waals surface area contributed by atoms with E-state index in [-0.39, 0.29) is 18.8 Å². The van der Waals surface area contributed by atoms with Gasteiger partial charge in [-0.25, -0.2) is 0 Å². The first-order valence-electron chi connectivity index (χ1n) is 7.72. The van der Waals surface area contributed by atoms with Crippen LogP contribution in [0.25, 0.3) is 0 Å². The van der Waals surface area contributed by atoms with Crippen LogP contribution in [-0.2, 0) is 13.2 Å². The van der Waals surface area contributed by atoms with Gasteiger partial charge in [0.15, 0.2) is 0 Å². The van der Waals surface area contributed by atoms with Gasteiger partial charge in [-0.05, 0) is 54.1 Å². The van der Waals surface area contributed by atoms with Crippen molar-refractivity contribution in [2.45, 2.75) is 13.2 Å². The zero-order chi connectivity index (χ0) is 18.5. The van der Waals surface area contributed by atoms with Crippen LogP contribution < -0.4 is 15.0 Å². The molecule has 5 nitrogen and oxygen atoms in total. The molecule has 26 heavy (non-hydrogen) atoms. The Kier molecular flexibility index (Phi) is 5.83. The molecule has 0 unspecified atom stereocenters. The number of nitrogens with one attached hydrogen (secondary N) is 1. The summed E-state index contributed by atoms with van der Waals surface area (Å²) in [6, 6.07) is 15.0. The minimum atomic E-state index is -0.279. The zero-order valence-corrected chi connectivity index (χ0v) is 15.1. The molecule has 0 fully saturated rings. The van der Waals surface area contributed by atoms with Crippen LogP contribution in [0, 0.1) is 0 Å². The number of H-pyrrole nitrogens is 1. The van der Waals surface area contributed by atoms with E-state index in [1.165, 1.54) is 6.07 Å². The topological polar surface area (TPSA) is 71.6 Å². The number of aromatic nitrogens is 1. The average Bonchev–Trinajstić information content (AvgIpc) is 2.63. The van der Waals surface area contributed by atoms with E-state index in [2.05, 4.69) is 4.98 Å². The Morgan fingerprint density at radius 3 is 2.38 bits per heavy atom. The Hall–Kier alpha value is -2.47. The van der Waals surface area contributed by atoms with Gasteiger partial charge < -0.3 is 19.6 Å². The maximum atomic E-state index is 11.5. The molecule has 7 heteroatoms. The first-order chi connectivity index (χ1) is 12.5. The molecule has 0 aliphatic rings. The SMILES string of the molecule is O=c1cc(CO)cc(COc2ccc(Oc3ccc(Cl)cc3Cl)cc2)[nH]1. The molecule has 0 aliphatic heterocycles. The molecule has 1 aromatic heterocycles. The summed E-state index contributed by atoms with van der Waals surface area (Å²) < 4.78 is 11.3. The van der Waals surface area contributed by atoms with Crippen molar-refractivity contribution in [3.05, 3.63) is 86.3 Å². The summed E-state index contributed by atoms with van der Waals surface area (Å²) in [7, 11) is 0. The van der Waals surface area contributed by atoms with Crippen molar-refractivity contribution in [1.29, 1.82) is 0 Å². The molecular formula is C19H15Cl2NO4. The first-order valence-corrected chi connectivity index (χ1v) is 8.48. The van der Waals surface area contributed by atoms with Gasteiger partial charge in [-0.1, -0.05) is 23.2 Å². The van der Waals surface area contributed by atoms with E-state index in [0.29, 0.717) is 38.6 Å². The molecule has 2 N–H and O–H groups in total. The van der Waals surface area contributed by atoms with Crippen molar-refractivity contribution in [2.24, 2.45) is 0 Å². The monoisotopic (exact) mass is 391 g/mol. The predicted octanol–water partition coefficient (Wildman–Crippen LogP) is 4.55. The molecule has 134 valence electrons. The lowest BCUT2D eigenvalue weighted by atomic mass is 10.2. The van der Waals surface area contributed by atoms with E-state index in [0.717, 1.165) is 0 Å². The maximum absolute atomic E-state index is 11.5. The Morgan fingerprint density at radius 1 is 0.962 bits per heavy atom. The minimum Gasteiger partial charge on any atom is -0.487 e. The summed E-state index contributed by atoms with van der Waals surface area (Å²) in [5.74, 6) is 1.70. The second-order valence-electron chi connectivity index (χ2n) is 5.47. The lowest BCUT2D eigenvalue weighted by Gasteiger charge is -2.10. The number of pyridine rings is 1. The van der Waals surface area contributed by atoms with Gasteiger partial charge in [0.25, 0.3) is 0 Å². The fourth-order valence-corrected chi connectivity index (χ4v) is 2.73. The zero-order valence-electron chi connectivity index (χ0n) is 13.5. The third-order valence-corrected chi connectivity index (χ3v) is 4.01. The number of ether oxygens (including phenoxy) is 2. The largest absolute Gasteiger partial charge is 0.487 e. The third-order valence-electron chi connectivity index (χ3n) is 3.48. The highest BCUT2D eigenvalue weighted by molar-refractivity contribution is 6.35. The molecule has 3 aromatic rings. The van der Waals surface area contributed by atoms with Crippen LogP contribution in [0.3, 0.4) is 0 Å². The van der Waals surface area contributed by atoms with E-state index >= 15 is 0 Å². The van der Waals surface area contributed by atoms with Crippen LogP contribution in [0.2, 0.25) is 10.0 Å². The molecule has 3 rings (SSSR count). The summed E-state index contributed by atoms with van der Waals surface area (Å²) >= 11 is 11.9. The van der Waals surface area contributed by atoms with Crippen molar-refractivity contribution >= 4 is 23.2 Å². The molecule has 0 saturated heterocycles. The predicted molar refractivity (Wildman–Crippen MR) is 100 cm³/mol. The normalized spacial score (nSPS) is 10.6. The standard InChI is InChI=1S/C19H15Cl2NO4/c20-13-1-6-18(17(21)9-13)26-16-4-2-15(3-5-16)25-11-14-7-12(10-23)8-19(24)22-14/h1-9,23H,10-11H2,(H,22,24). The second-order valence-corrected chi connectivity index (χ2v) is 6.32. The molecule has 0 spiro atoms. The quantitative estimate of drug-likeness (QED) is 0.646. The van der Waals surface area contributed by atoms with Crippen molar-refractivity contribution in [3.63, 3.8) is 0 Å². The van der Waals surface area contributed by atoms with E-state index in [4.69, 9.17) is 37.8 Å². The third kappa shape index (κ3) is 4.79. The second kappa shape index (κ2) is 8.27.